The minimum absolute atomic E-state index is 0.0560. The van der Waals surface area contributed by atoms with Crippen molar-refractivity contribution in [2.24, 2.45) is 5.92 Å². The molecule has 0 saturated carbocycles. The van der Waals surface area contributed by atoms with E-state index in [0.717, 1.165) is 16.7 Å². The summed E-state index contributed by atoms with van der Waals surface area (Å²) < 4.78 is 22.2. The molecule has 214 valence electrons. The van der Waals surface area contributed by atoms with Gasteiger partial charge in [-0.2, -0.15) is 0 Å². The molecule has 3 aromatic rings. The maximum atomic E-state index is 14.7. The van der Waals surface area contributed by atoms with Gasteiger partial charge < -0.3 is 24.3 Å². The number of nitrogens with one attached hydrogen (secondary N) is 1. The molecule has 42 heavy (non-hydrogen) atoms. The highest BCUT2D eigenvalue weighted by Gasteiger charge is 2.63. The molecule has 0 fully saturated rings. The van der Waals surface area contributed by atoms with Crippen LogP contribution in [0.15, 0.2) is 83.7 Å². The standard InChI is InChI=1S/C33H28ClNO7/c1-17-14-22-26(30(36)33(17)31(37)27-24(39-2)16-25(40-3)28(34)29(27)42-33)21(15-23(35-22)32(38)41-4)20-12-10-19(11-13-20)18-8-6-5-7-9-18/h5-13,15-17,21,35H,14H2,1-4H3. The van der Waals surface area contributed by atoms with E-state index in [9.17, 15) is 14.4 Å². The van der Waals surface area contributed by atoms with Gasteiger partial charge in [-0.15, -0.1) is 0 Å². The van der Waals surface area contributed by atoms with Gasteiger partial charge in [0, 0.05) is 29.2 Å². The third kappa shape index (κ3) is 4.01. The number of dihydropyridines is 1. The van der Waals surface area contributed by atoms with Crippen LogP contribution in [0.25, 0.3) is 11.1 Å². The van der Waals surface area contributed by atoms with Crippen LogP contribution >= 0.6 is 11.6 Å². The van der Waals surface area contributed by atoms with Gasteiger partial charge in [-0.25, -0.2) is 4.79 Å². The lowest BCUT2D eigenvalue weighted by Gasteiger charge is -2.41. The lowest BCUT2D eigenvalue weighted by Crippen LogP contribution is -2.58. The van der Waals surface area contributed by atoms with Gasteiger partial charge in [0.15, 0.2) is 5.75 Å². The number of hydrogen-bond donors (Lipinski definition) is 1. The Hall–Kier alpha value is -4.56. The van der Waals surface area contributed by atoms with Crippen LogP contribution in [0, 0.1) is 5.92 Å². The van der Waals surface area contributed by atoms with Crippen molar-refractivity contribution in [3.8, 4) is 28.4 Å². The number of rotatable bonds is 5. The zero-order valence-electron chi connectivity index (χ0n) is 23.4. The summed E-state index contributed by atoms with van der Waals surface area (Å²) >= 11 is 6.59. The predicted molar refractivity (Wildman–Crippen MR) is 156 cm³/mol. The predicted octanol–water partition coefficient (Wildman–Crippen LogP) is 5.65. The molecule has 9 heteroatoms. The number of Topliss-reactive ketones (excluding diaryl/α,β-unsaturated/α-hetero) is 2. The summed E-state index contributed by atoms with van der Waals surface area (Å²) in [5, 5.41) is 3.19. The fraction of sp³-hybridized carbons (Fsp3) is 0.242. The van der Waals surface area contributed by atoms with Crippen LogP contribution < -0.4 is 19.5 Å². The van der Waals surface area contributed by atoms with E-state index in [2.05, 4.69) is 5.32 Å². The molecule has 1 spiro atoms. The normalized spacial score (nSPS) is 22.5. The molecule has 8 nitrogen and oxygen atoms in total. The lowest BCUT2D eigenvalue weighted by atomic mass is 9.67. The molecule has 2 aliphatic heterocycles. The number of ether oxygens (including phenoxy) is 4. The second-order valence-corrected chi connectivity index (χ2v) is 10.8. The summed E-state index contributed by atoms with van der Waals surface area (Å²) in [5.41, 5.74) is 2.16. The first-order chi connectivity index (χ1) is 20.2. The highest BCUT2D eigenvalue weighted by Crippen LogP contribution is 2.55. The average Bonchev–Trinajstić information content (AvgIpc) is 3.34. The number of benzene rings is 3. The zero-order chi connectivity index (χ0) is 29.8. The number of allylic oxidation sites excluding steroid dienone is 2. The topological polar surface area (TPSA) is 100 Å². The molecule has 3 unspecified atom stereocenters. The molecule has 1 N–H and O–H groups in total. The van der Waals surface area contributed by atoms with E-state index in [1.54, 1.807) is 13.0 Å². The highest BCUT2D eigenvalue weighted by atomic mass is 35.5. The third-order valence-corrected chi connectivity index (χ3v) is 8.60. The van der Waals surface area contributed by atoms with E-state index in [1.165, 1.54) is 27.4 Å². The molecule has 0 radical (unpaired) electrons. The number of halogens is 1. The Morgan fingerprint density at radius 3 is 2.26 bits per heavy atom. The summed E-state index contributed by atoms with van der Waals surface area (Å²) in [7, 11) is 4.17. The molecule has 3 atom stereocenters. The van der Waals surface area contributed by atoms with Crippen LogP contribution in [0.3, 0.4) is 0 Å². The lowest BCUT2D eigenvalue weighted by molar-refractivity contribution is -0.137. The highest BCUT2D eigenvalue weighted by molar-refractivity contribution is 6.36. The van der Waals surface area contributed by atoms with E-state index in [4.69, 9.17) is 30.5 Å². The number of hydrogen-bond acceptors (Lipinski definition) is 8. The molecular weight excluding hydrogens is 558 g/mol. The first-order valence-corrected chi connectivity index (χ1v) is 13.8. The molecule has 3 aromatic carbocycles. The first-order valence-electron chi connectivity index (χ1n) is 13.4. The summed E-state index contributed by atoms with van der Waals surface area (Å²) in [4.78, 5) is 41.5. The van der Waals surface area contributed by atoms with E-state index >= 15 is 0 Å². The van der Waals surface area contributed by atoms with Gasteiger partial charge in [0.2, 0.25) is 17.2 Å². The maximum Gasteiger partial charge on any atom is 0.354 e. The van der Waals surface area contributed by atoms with Gasteiger partial charge in [0.05, 0.1) is 21.3 Å². The van der Waals surface area contributed by atoms with Crippen molar-refractivity contribution in [2.75, 3.05) is 21.3 Å². The van der Waals surface area contributed by atoms with E-state index in [-0.39, 0.29) is 40.0 Å². The van der Waals surface area contributed by atoms with Crippen LogP contribution in [-0.2, 0) is 14.3 Å². The fourth-order valence-electron chi connectivity index (χ4n) is 6.10. The van der Waals surface area contributed by atoms with E-state index in [0.29, 0.717) is 11.3 Å². The van der Waals surface area contributed by atoms with Crippen molar-refractivity contribution in [1.82, 2.24) is 5.32 Å². The number of carbonyl (C=O) groups is 3. The van der Waals surface area contributed by atoms with Crippen molar-refractivity contribution >= 4 is 29.1 Å². The Balaban J connectivity index is 1.47. The van der Waals surface area contributed by atoms with Crippen molar-refractivity contribution in [2.45, 2.75) is 24.9 Å². The number of ketones is 2. The minimum atomic E-state index is -1.87. The van der Waals surface area contributed by atoms with Gasteiger partial charge >= 0.3 is 5.97 Å². The Kier molecular flexibility index (Phi) is 6.81. The van der Waals surface area contributed by atoms with Crippen molar-refractivity contribution in [1.29, 1.82) is 0 Å². The van der Waals surface area contributed by atoms with Crippen LogP contribution in [-0.4, -0.2) is 44.5 Å². The SMILES string of the molecule is COC(=O)C1=CC(c2ccc(-c3ccccc3)cc2)C2=C(CC(C)C3(Oc4c(Cl)c(OC)cc(OC)c4C3=O)C2=O)N1. The monoisotopic (exact) mass is 585 g/mol. The smallest absolute Gasteiger partial charge is 0.354 e. The van der Waals surface area contributed by atoms with Gasteiger partial charge in [0.25, 0.3) is 0 Å². The zero-order valence-corrected chi connectivity index (χ0v) is 24.2. The Labute approximate surface area is 247 Å². The summed E-state index contributed by atoms with van der Waals surface area (Å²) in [6.45, 7) is 1.77. The Morgan fingerprint density at radius 1 is 0.952 bits per heavy atom. The van der Waals surface area contributed by atoms with Crippen LogP contribution in [0.4, 0.5) is 0 Å². The molecule has 1 aliphatic carbocycles. The van der Waals surface area contributed by atoms with Crippen molar-refractivity contribution in [3.05, 3.63) is 99.9 Å². The van der Waals surface area contributed by atoms with Gasteiger partial charge in [0.1, 0.15) is 27.8 Å². The van der Waals surface area contributed by atoms with Gasteiger partial charge in [-0.05, 0) is 29.2 Å². The Morgan fingerprint density at radius 2 is 1.62 bits per heavy atom. The maximum absolute atomic E-state index is 14.7. The second kappa shape index (κ2) is 10.4. The van der Waals surface area contributed by atoms with E-state index < -0.39 is 35.0 Å². The van der Waals surface area contributed by atoms with Crippen LogP contribution in [0.2, 0.25) is 5.02 Å². The second-order valence-electron chi connectivity index (χ2n) is 10.5. The fourth-order valence-corrected chi connectivity index (χ4v) is 6.37. The molecule has 0 bridgehead atoms. The number of carbonyl (C=O) groups excluding carboxylic acids is 3. The summed E-state index contributed by atoms with van der Waals surface area (Å²) in [6, 6.07) is 19.2. The van der Waals surface area contributed by atoms with Crippen LogP contribution in [0.1, 0.15) is 35.2 Å². The number of esters is 1. The van der Waals surface area contributed by atoms with Crippen molar-refractivity contribution in [3.63, 3.8) is 0 Å². The van der Waals surface area contributed by atoms with E-state index in [1.807, 2.05) is 54.6 Å². The number of methoxy groups -OCH3 is 3. The minimum Gasteiger partial charge on any atom is -0.496 e. The third-order valence-electron chi connectivity index (χ3n) is 8.24. The van der Waals surface area contributed by atoms with Gasteiger partial charge in [-0.1, -0.05) is 73.1 Å². The van der Waals surface area contributed by atoms with Gasteiger partial charge in [-0.3, -0.25) is 9.59 Å². The summed E-state index contributed by atoms with van der Waals surface area (Å²) in [6.07, 6.45) is 1.91. The molecule has 3 aliphatic rings. The molecule has 0 amide bonds. The largest absolute Gasteiger partial charge is 0.496 e. The quantitative estimate of drug-likeness (QED) is 0.303. The molecule has 6 rings (SSSR count). The van der Waals surface area contributed by atoms with Crippen LogP contribution in [0.5, 0.6) is 17.2 Å². The average molecular weight is 586 g/mol. The molecular formula is C33H28ClNO7. The number of fused-ring (bicyclic) bond motifs is 1. The first kappa shape index (κ1) is 27.6. The molecule has 2 heterocycles. The van der Waals surface area contributed by atoms with Crippen molar-refractivity contribution < 1.29 is 33.3 Å². The molecule has 0 aromatic heterocycles. The summed E-state index contributed by atoms with van der Waals surface area (Å²) in [5.74, 6) is -2.32. The Bertz CT molecular complexity index is 1690. The molecule has 0 saturated heterocycles.